The molecule has 21 heavy (non-hydrogen) atoms. The minimum Gasteiger partial charge on any atom is -0.383 e. The monoisotopic (exact) mass is 281 g/mol. The summed E-state index contributed by atoms with van der Waals surface area (Å²) in [5, 5.41) is 3.39. The van der Waals surface area contributed by atoms with Gasteiger partial charge in [0.25, 0.3) is 0 Å². The summed E-state index contributed by atoms with van der Waals surface area (Å²) in [4.78, 5) is 11.6. The average molecular weight is 281 g/mol. The fourth-order valence-electron chi connectivity index (χ4n) is 3.18. The van der Waals surface area contributed by atoms with Crippen molar-refractivity contribution in [3.63, 3.8) is 0 Å². The minimum atomic E-state index is 0.648. The van der Waals surface area contributed by atoms with Gasteiger partial charge >= 0.3 is 0 Å². The van der Waals surface area contributed by atoms with Crippen molar-refractivity contribution in [2.75, 3.05) is 23.7 Å². The molecule has 0 saturated carbocycles. The molecule has 5 nitrogen and oxygen atoms in total. The quantitative estimate of drug-likeness (QED) is 0.824. The van der Waals surface area contributed by atoms with Crippen molar-refractivity contribution in [1.82, 2.24) is 15.3 Å². The molecule has 2 aliphatic heterocycles. The second-order valence-electron chi connectivity index (χ2n) is 5.71. The van der Waals surface area contributed by atoms with Gasteiger partial charge in [-0.25, -0.2) is 4.98 Å². The van der Waals surface area contributed by atoms with Crippen molar-refractivity contribution in [3.05, 3.63) is 46.6 Å². The number of nitrogens with zero attached hydrogens (tertiary/aromatic N) is 3. The number of nitrogens with two attached hydrogens (primary N) is 1. The Kier molecular flexibility index (Phi) is 3.00. The van der Waals surface area contributed by atoms with Crippen molar-refractivity contribution in [2.24, 2.45) is 0 Å². The molecule has 2 aliphatic rings. The van der Waals surface area contributed by atoms with Crippen LogP contribution in [0.1, 0.15) is 22.4 Å². The molecule has 0 radical (unpaired) electrons. The normalized spacial score (nSPS) is 17.2. The lowest BCUT2D eigenvalue weighted by molar-refractivity contribution is 0.708. The summed E-state index contributed by atoms with van der Waals surface area (Å²) in [7, 11) is 0. The number of rotatable bonds is 1. The van der Waals surface area contributed by atoms with Gasteiger partial charge in [-0.15, -0.1) is 0 Å². The summed E-state index contributed by atoms with van der Waals surface area (Å²) < 4.78 is 0. The Morgan fingerprint density at radius 3 is 2.48 bits per heavy atom. The van der Waals surface area contributed by atoms with Crippen LogP contribution in [-0.2, 0) is 25.9 Å². The van der Waals surface area contributed by atoms with Gasteiger partial charge in [-0.1, -0.05) is 24.3 Å². The first-order valence-electron chi connectivity index (χ1n) is 7.49. The molecule has 0 aliphatic carbocycles. The van der Waals surface area contributed by atoms with Crippen LogP contribution in [0.5, 0.6) is 0 Å². The summed E-state index contributed by atoms with van der Waals surface area (Å²) >= 11 is 0. The Bertz CT molecular complexity index is 657. The number of nitrogens with one attached hydrogen (secondary N) is 1. The van der Waals surface area contributed by atoms with Gasteiger partial charge in [0.15, 0.2) is 0 Å². The standard InChI is InChI=1S/C16H19N5/c17-15-13-5-7-18-8-6-14(13)19-16(20-15)21-9-11-3-1-2-4-12(11)10-21/h1-4,18H,5-10H2,(H2,17,19,20). The molecule has 0 amide bonds. The van der Waals surface area contributed by atoms with E-state index >= 15 is 0 Å². The molecule has 0 atom stereocenters. The number of anilines is 2. The van der Waals surface area contributed by atoms with Crippen LogP contribution in [0.3, 0.4) is 0 Å². The van der Waals surface area contributed by atoms with E-state index in [1.807, 2.05) is 0 Å². The second-order valence-corrected chi connectivity index (χ2v) is 5.71. The van der Waals surface area contributed by atoms with E-state index in [1.54, 1.807) is 0 Å². The van der Waals surface area contributed by atoms with Gasteiger partial charge in [0.1, 0.15) is 5.82 Å². The maximum absolute atomic E-state index is 6.18. The van der Waals surface area contributed by atoms with Crippen LogP contribution in [0.25, 0.3) is 0 Å². The van der Waals surface area contributed by atoms with E-state index in [0.29, 0.717) is 5.82 Å². The molecule has 0 bridgehead atoms. The largest absolute Gasteiger partial charge is 0.383 e. The maximum Gasteiger partial charge on any atom is 0.228 e. The van der Waals surface area contributed by atoms with Crippen molar-refractivity contribution in [3.8, 4) is 0 Å². The zero-order valence-electron chi connectivity index (χ0n) is 12.0. The molecule has 5 heteroatoms. The van der Waals surface area contributed by atoms with Crippen molar-refractivity contribution in [2.45, 2.75) is 25.9 Å². The van der Waals surface area contributed by atoms with E-state index in [2.05, 4.69) is 39.5 Å². The summed E-state index contributed by atoms with van der Waals surface area (Å²) in [5.74, 6) is 1.42. The van der Waals surface area contributed by atoms with Crippen molar-refractivity contribution in [1.29, 1.82) is 0 Å². The van der Waals surface area contributed by atoms with E-state index < -0.39 is 0 Å². The highest BCUT2D eigenvalue weighted by Crippen LogP contribution is 2.28. The zero-order valence-corrected chi connectivity index (χ0v) is 12.0. The van der Waals surface area contributed by atoms with E-state index in [1.165, 1.54) is 11.1 Å². The van der Waals surface area contributed by atoms with E-state index in [9.17, 15) is 0 Å². The van der Waals surface area contributed by atoms with Crippen LogP contribution in [0.15, 0.2) is 24.3 Å². The van der Waals surface area contributed by atoms with E-state index in [4.69, 9.17) is 10.7 Å². The fraction of sp³-hybridized carbons (Fsp3) is 0.375. The number of aromatic nitrogens is 2. The maximum atomic E-state index is 6.18. The Labute approximate surface area is 124 Å². The molecule has 1 aromatic heterocycles. The third-order valence-corrected chi connectivity index (χ3v) is 4.33. The minimum absolute atomic E-state index is 0.648. The number of nitrogen functional groups attached to an aromatic ring is 1. The second kappa shape index (κ2) is 5.00. The van der Waals surface area contributed by atoms with Gasteiger partial charge in [0.2, 0.25) is 5.95 Å². The zero-order chi connectivity index (χ0) is 14.2. The SMILES string of the molecule is Nc1nc(N2Cc3ccccc3C2)nc2c1CCNCC2. The highest BCUT2D eigenvalue weighted by molar-refractivity contribution is 5.51. The topological polar surface area (TPSA) is 67.1 Å². The molecule has 1 aromatic carbocycles. The molecular weight excluding hydrogens is 262 g/mol. The predicted octanol–water partition coefficient (Wildman–Crippen LogP) is 1.27. The Morgan fingerprint density at radius 1 is 1.00 bits per heavy atom. The predicted molar refractivity (Wildman–Crippen MR) is 83.1 cm³/mol. The van der Waals surface area contributed by atoms with Gasteiger partial charge in [0.05, 0.1) is 5.69 Å². The van der Waals surface area contributed by atoms with E-state index in [0.717, 1.165) is 56.2 Å². The highest BCUT2D eigenvalue weighted by Gasteiger charge is 2.23. The van der Waals surface area contributed by atoms with Crippen LogP contribution in [0.4, 0.5) is 11.8 Å². The lowest BCUT2D eigenvalue weighted by Gasteiger charge is -2.18. The molecule has 0 spiro atoms. The van der Waals surface area contributed by atoms with Crippen LogP contribution in [-0.4, -0.2) is 23.1 Å². The molecular formula is C16H19N5. The molecule has 0 unspecified atom stereocenters. The molecule has 3 heterocycles. The molecule has 4 rings (SSSR count). The Morgan fingerprint density at radius 2 is 1.71 bits per heavy atom. The van der Waals surface area contributed by atoms with Crippen LogP contribution in [0.2, 0.25) is 0 Å². The summed E-state index contributed by atoms with van der Waals surface area (Å²) in [5.41, 5.74) is 11.1. The Hall–Kier alpha value is -2.14. The first-order chi connectivity index (χ1) is 10.3. The average Bonchev–Trinajstić information content (AvgIpc) is 2.78. The van der Waals surface area contributed by atoms with Crippen molar-refractivity contribution < 1.29 is 0 Å². The summed E-state index contributed by atoms with van der Waals surface area (Å²) in [6, 6.07) is 8.51. The smallest absolute Gasteiger partial charge is 0.228 e. The summed E-state index contributed by atoms with van der Waals surface area (Å²) in [6.07, 6.45) is 1.84. The molecule has 2 aromatic rings. The van der Waals surface area contributed by atoms with Crippen LogP contribution in [0, 0.1) is 0 Å². The molecule has 0 fully saturated rings. The third-order valence-electron chi connectivity index (χ3n) is 4.33. The van der Waals surface area contributed by atoms with Gasteiger partial charge in [-0.3, -0.25) is 0 Å². The Balaban J connectivity index is 1.68. The van der Waals surface area contributed by atoms with Gasteiger partial charge in [0, 0.05) is 31.6 Å². The number of hydrogen-bond donors (Lipinski definition) is 2. The lowest BCUT2D eigenvalue weighted by Crippen LogP contribution is -2.20. The van der Waals surface area contributed by atoms with Crippen LogP contribution >= 0.6 is 0 Å². The molecule has 108 valence electrons. The first kappa shape index (κ1) is 12.6. The number of hydrogen-bond acceptors (Lipinski definition) is 5. The number of benzene rings is 1. The van der Waals surface area contributed by atoms with Gasteiger partial charge in [-0.05, 0) is 24.1 Å². The van der Waals surface area contributed by atoms with E-state index in [-0.39, 0.29) is 0 Å². The summed E-state index contributed by atoms with van der Waals surface area (Å²) in [6.45, 7) is 3.65. The molecule has 3 N–H and O–H groups in total. The van der Waals surface area contributed by atoms with Gasteiger partial charge in [-0.2, -0.15) is 4.98 Å². The fourth-order valence-corrected chi connectivity index (χ4v) is 3.18. The van der Waals surface area contributed by atoms with Crippen molar-refractivity contribution >= 4 is 11.8 Å². The van der Waals surface area contributed by atoms with Crippen LogP contribution < -0.4 is 16.0 Å². The van der Waals surface area contributed by atoms with Gasteiger partial charge < -0.3 is 16.0 Å². The third kappa shape index (κ3) is 2.23. The first-order valence-corrected chi connectivity index (χ1v) is 7.49. The lowest BCUT2D eigenvalue weighted by atomic mass is 10.1. The highest BCUT2D eigenvalue weighted by atomic mass is 15.3. The molecule has 0 saturated heterocycles. The number of fused-ring (bicyclic) bond motifs is 2.